The summed E-state index contributed by atoms with van der Waals surface area (Å²) in [7, 11) is 0. The minimum absolute atomic E-state index is 0.0266. The Kier molecular flexibility index (Phi) is 3.23. The average Bonchev–Trinajstić information content (AvgIpc) is 2.11. The topological polar surface area (TPSA) is 37.3 Å². The normalized spacial score (nSPS) is 10.2. The largest absolute Gasteiger partial charge is 0.481 e. The number of hydrogen-bond acceptors (Lipinski definition) is 1. The monoisotopic (exact) mass is 196 g/mol. The van der Waals surface area contributed by atoms with Crippen LogP contribution in [0.4, 0.5) is 4.39 Å². The van der Waals surface area contributed by atoms with Crippen LogP contribution in [0.2, 0.25) is 0 Å². The SMILES string of the molecule is Cc1ccc(C)c(CCC(=O)O)c1F. The van der Waals surface area contributed by atoms with E-state index in [2.05, 4.69) is 0 Å². The van der Waals surface area contributed by atoms with E-state index in [-0.39, 0.29) is 18.7 Å². The van der Waals surface area contributed by atoms with Gasteiger partial charge in [-0.2, -0.15) is 0 Å². The zero-order chi connectivity index (χ0) is 10.7. The summed E-state index contributed by atoms with van der Waals surface area (Å²) in [6, 6.07) is 3.52. The van der Waals surface area contributed by atoms with Crippen molar-refractivity contribution in [2.24, 2.45) is 0 Å². The third-order valence-corrected chi connectivity index (χ3v) is 2.26. The molecule has 14 heavy (non-hydrogen) atoms. The molecule has 0 bridgehead atoms. The number of benzene rings is 1. The predicted octanol–water partition coefficient (Wildman–Crippen LogP) is 2.46. The van der Waals surface area contributed by atoms with Gasteiger partial charge in [-0.25, -0.2) is 4.39 Å². The zero-order valence-electron chi connectivity index (χ0n) is 8.30. The van der Waals surface area contributed by atoms with Gasteiger partial charge in [-0.1, -0.05) is 12.1 Å². The van der Waals surface area contributed by atoms with E-state index >= 15 is 0 Å². The third kappa shape index (κ3) is 2.31. The van der Waals surface area contributed by atoms with Crippen molar-refractivity contribution in [1.29, 1.82) is 0 Å². The molecule has 0 spiro atoms. The van der Waals surface area contributed by atoms with Crippen molar-refractivity contribution in [3.8, 4) is 0 Å². The molecule has 1 N–H and O–H groups in total. The minimum Gasteiger partial charge on any atom is -0.481 e. The Morgan fingerprint density at radius 1 is 1.36 bits per heavy atom. The molecule has 1 rings (SSSR count). The Morgan fingerprint density at radius 3 is 2.50 bits per heavy atom. The van der Waals surface area contributed by atoms with E-state index in [0.29, 0.717) is 11.1 Å². The molecular weight excluding hydrogens is 183 g/mol. The van der Waals surface area contributed by atoms with E-state index in [9.17, 15) is 9.18 Å². The Hall–Kier alpha value is -1.38. The molecule has 3 heteroatoms. The van der Waals surface area contributed by atoms with Crippen molar-refractivity contribution in [3.05, 3.63) is 34.6 Å². The van der Waals surface area contributed by atoms with E-state index in [1.54, 1.807) is 19.9 Å². The number of aliphatic carboxylic acids is 1. The van der Waals surface area contributed by atoms with Crippen LogP contribution in [0.15, 0.2) is 12.1 Å². The van der Waals surface area contributed by atoms with Gasteiger partial charge < -0.3 is 5.11 Å². The summed E-state index contributed by atoms with van der Waals surface area (Å²) in [4.78, 5) is 10.4. The van der Waals surface area contributed by atoms with E-state index in [0.717, 1.165) is 5.56 Å². The molecule has 0 heterocycles. The number of hydrogen-bond donors (Lipinski definition) is 1. The highest BCUT2D eigenvalue weighted by Gasteiger charge is 2.09. The lowest BCUT2D eigenvalue weighted by atomic mass is 10.0. The van der Waals surface area contributed by atoms with Gasteiger partial charge in [0.05, 0.1) is 0 Å². The van der Waals surface area contributed by atoms with Gasteiger partial charge >= 0.3 is 5.97 Å². The molecule has 0 saturated heterocycles. The maximum absolute atomic E-state index is 13.5. The number of carboxylic acid groups (broad SMARTS) is 1. The van der Waals surface area contributed by atoms with Gasteiger partial charge in [0.1, 0.15) is 5.82 Å². The molecule has 1 aromatic carbocycles. The molecule has 0 fully saturated rings. The molecular formula is C11H13FO2. The number of aryl methyl sites for hydroxylation is 2. The maximum atomic E-state index is 13.5. The lowest BCUT2D eigenvalue weighted by Crippen LogP contribution is -2.02. The van der Waals surface area contributed by atoms with E-state index < -0.39 is 5.97 Å². The lowest BCUT2D eigenvalue weighted by molar-refractivity contribution is -0.136. The molecule has 0 aromatic heterocycles. The fourth-order valence-corrected chi connectivity index (χ4v) is 1.37. The van der Waals surface area contributed by atoms with Gasteiger partial charge in [0.25, 0.3) is 0 Å². The molecule has 0 aliphatic rings. The van der Waals surface area contributed by atoms with Crippen molar-refractivity contribution < 1.29 is 14.3 Å². The van der Waals surface area contributed by atoms with Gasteiger partial charge in [0.2, 0.25) is 0 Å². The summed E-state index contributed by atoms with van der Waals surface area (Å²) in [5.41, 5.74) is 1.90. The summed E-state index contributed by atoms with van der Waals surface area (Å²) in [6.45, 7) is 3.47. The molecule has 1 aromatic rings. The fourth-order valence-electron chi connectivity index (χ4n) is 1.37. The predicted molar refractivity (Wildman–Crippen MR) is 51.8 cm³/mol. The fraction of sp³-hybridized carbons (Fsp3) is 0.364. The van der Waals surface area contributed by atoms with Crippen molar-refractivity contribution in [3.63, 3.8) is 0 Å². The zero-order valence-corrected chi connectivity index (χ0v) is 8.30. The Balaban J connectivity index is 2.95. The highest BCUT2D eigenvalue weighted by Crippen LogP contribution is 2.18. The van der Waals surface area contributed by atoms with Crippen molar-refractivity contribution in [2.45, 2.75) is 26.7 Å². The summed E-state index contributed by atoms with van der Waals surface area (Å²) < 4.78 is 13.5. The van der Waals surface area contributed by atoms with Crippen LogP contribution in [0.3, 0.4) is 0 Å². The van der Waals surface area contributed by atoms with Crippen LogP contribution < -0.4 is 0 Å². The van der Waals surface area contributed by atoms with Gasteiger partial charge in [0, 0.05) is 6.42 Å². The second-order valence-electron chi connectivity index (χ2n) is 3.39. The number of rotatable bonds is 3. The first-order valence-corrected chi connectivity index (χ1v) is 4.48. The summed E-state index contributed by atoms with van der Waals surface area (Å²) in [5.74, 6) is -1.17. The van der Waals surface area contributed by atoms with Gasteiger partial charge in [-0.3, -0.25) is 4.79 Å². The summed E-state index contributed by atoms with van der Waals surface area (Å²) in [5, 5.41) is 8.50. The highest BCUT2D eigenvalue weighted by atomic mass is 19.1. The highest BCUT2D eigenvalue weighted by molar-refractivity contribution is 5.67. The lowest BCUT2D eigenvalue weighted by Gasteiger charge is -2.07. The molecule has 0 amide bonds. The molecule has 0 atom stereocenters. The first-order chi connectivity index (χ1) is 6.52. The van der Waals surface area contributed by atoms with Crippen LogP contribution >= 0.6 is 0 Å². The van der Waals surface area contributed by atoms with Gasteiger partial charge in [-0.05, 0) is 37.0 Å². The second-order valence-corrected chi connectivity index (χ2v) is 3.39. The van der Waals surface area contributed by atoms with Crippen molar-refractivity contribution >= 4 is 5.97 Å². The van der Waals surface area contributed by atoms with E-state index in [1.807, 2.05) is 6.07 Å². The number of halogens is 1. The Morgan fingerprint density at radius 2 is 1.93 bits per heavy atom. The Bertz CT molecular complexity index is 359. The standard InChI is InChI=1S/C11H13FO2/c1-7-3-4-8(2)11(12)9(7)5-6-10(13)14/h3-4H,5-6H2,1-2H3,(H,13,14). The quantitative estimate of drug-likeness (QED) is 0.806. The number of carbonyl (C=O) groups is 1. The first-order valence-electron chi connectivity index (χ1n) is 4.48. The maximum Gasteiger partial charge on any atom is 0.303 e. The first kappa shape index (κ1) is 10.7. The van der Waals surface area contributed by atoms with Crippen LogP contribution in [0.25, 0.3) is 0 Å². The van der Waals surface area contributed by atoms with Gasteiger partial charge in [-0.15, -0.1) is 0 Å². The minimum atomic E-state index is -0.898. The van der Waals surface area contributed by atoms with Gasteiger partial charge in [0.15, 0.2) is 0 Å². The molecule has 0 unspecified atom stereocenters. The van der Waals surface area contributed by atoms with Crippen molar-refractivity contribution in [1.82, 2.24) is 0 Å². The van der Waals surface area contributed by atoms with E-state index in [4.69, 9.17) is 5.11 Å². The summed E-state index contributed by atoms with van der Waals surface area (Å²) >= 11 is 0. The van der Waals surface area contributed by atoms with Crippen molar-refractivity contribution in [2.75, 3.05) is 0 Å². The van der Waals surface area contributed by atoms with E-state index in [1.165, 1.54) is 0 Å². The van der Waals surface area contributed by atoms with Crippen LogP contribution in [-0.2, 0) is 11.2 Å². The van der Waals surface area contributed by atoms with Crippen LogP contribution in [-0.4, -0.2) is 11.1 Å². The third-order valence-electron chi connectivity index (χ3n) is 2.26. The molecule has 76 valence electrons. The molecule has 0 saturated carbocycles. The van der Waals surface area contributed by atoms with Crippen LogP contribution in [0.1, 0.15) is 23.1 Å². The van der Waals surface area contributed by atoms with Crippen LogP contribution in [0.5, 0.6) is 0 Å². The summed E-state index contributed by atoms with van der Waals surface area (Å²) in [6.07, 6.45) is 0.232. The Labute approximate surface area is 82.4 Å². The van der Waals surface area contributed by atoms with Crippen LogP contribution in [0, 0.1) is 19.7 Å². The molecule has 0 aliphatic heterocycles. The molecule has 0 radical (unpaired) electrons. The average molecular weight is 196 g/mol. The number of carboxylic acids is 1. The molecule has 0 aliphatic carbocycles. The smallest absolute Gasteiger partial charge is 0.303 e. The molecule has 2 nitrogen and oxygen atoms in total. The second kappa shape index (κ2) is 4.22.